The molecule has 24 heavy (non-hydrogen) atoms. The normalized spacial score (nSPS) is 11.5. The zero-order chi connectivity index (χ0) is 17.1. The predicted octanol–water partition coefficient (Wildman–Crippen LogP) is 3.51. The van der Waals surface area contributed by atoms with E-state index in [1.165, 1.54) is 0 Å². The molecule has 0 bridgehead atoms. The molecule has 2 aromatic carbocycles. The fraction of sp³-hybridized carbons (Fsp3) is 0.222. The number of anilines is 1. The first kappa shape index (κ1) is 15.9. The molecule has 0 spiro atoms. The van der Waals surface area contributed by atoms with Crippen molar-refractivity contribution in [3.8, 4) is 11.5 Å². The number of rotatable bonds is 5. The van der Waals surface area contributed by atoms with Gasteiger partial charge in [0.15, 0.2) is 0 Å². The van der Waals surface area contributed by atoms with E-state index in [9.17, 15) is 5.11 Å². The Bertz CT molecular complexity index is 884. The second kappa shape index (κ2) is 6.62. The smallest absolute Gasteiger partial charge is 0.224 e. The standard InChI is InChI=1S/C18H20N4O2/c1-12(2)24-14-9-8-13(17(23)10-14)11-19-21-18-20-15-6-4-5-7-16(15)22(18)3/h4-12,23H,1-3H3,(H,20,21)/b19-11-. The number of benzene rings is 2. The molecule has 0 amide bonds. The van der Waals surface area contributed by atoms with Crippen molar-refractivity contribution in [2.24, 2.45) is 12.1 Å². The molecule has 6 nitrogen and oxygen atoms in total. The third-order valence-electron chi connectivity index (χ3n) is 3.53. The van der Waals surface area contributed by atoms with E-state index in [-0.39, 0.29) is 11.9 Å². The minimum absolute atomic E-state index is 0.0585. The summed E-state index contributed by atoms with van der Waals surface area (Å²) in [5, 5.41) is 14.2. The molecule has 2 N–H and O–H groups in total. The Morgan fingerprint density at radius 1 is 1.25 bits per heavy atom. The van der Waals surface area contributed by atoms with Crippen LogP contribution in [0.3, 0.4) is 0 Å². The maximum atomic E-state index is 10.1. The molecule has 0 aliphatic carbocycles. The van der Waals surface area contributed by atoms with Crippen LogP contribution < -0.4 is 10.2 Å². The number of hydrogen-bond donors (Lipinski definition) is 2. The summed E-state index contributed by atoms with van der Waals surface area (Å²) in [7, 11) is 1.92. The maximum absolute atomic E-state index is 10.1. The Morgan fingerprint density at radius 2 is 2.04 bits per heavy atom. The summed E-state index contributed by atoms with van der Waals surface area (Å²) in [6.45, 7) is 3.88. The van der Waals surface area contributed by atoms with Gasteiger partial charge in [0.1, 0.15) is 11.5 Å². The quantitative estimate of drug-likeness (QED) is 0.556. The third-order valence-corrected chi connectivity index (χ3v) is 3.53. The molecule has 1 heterocycles. The SMILES string of the molecule is CC(C)Oc1ccc(/C=N\Nc2nc3ccccc3n2C)c(O)c1. The van der Waals surface area contributed by atoms with Gasteiger partial charge in [-0.25, -0.2) is 10.4 Å². The largest absolute Gasteiger partial charge is 0.507 e. The fourth-order valence-electron chi connectivity index (χ4n) is 2.38. The molecule has 6 heteroatoms. The van der Waals surface area contributed by atoms with E-state index in [0.29, 0.717) is 17.3 Å². The Balaban J connectivity index is 1.75. The number of phenolic OH excluding ortho intramolecular Hbond substituents is 1. The van der Waals surface area contributed by atoms with Crippen LogP contribution in [0.2, 0.25) is 0 Å². The van der Waals surface area contributed by atoms with Crippen molar-refractivity contribution in [2.75, 3.05) is 5.43 Å². The van der Waals surface area contributed by atoms with E-state index >= 15 is 0 Å². The van der Waals surface area contributed by atoms with Crippen molar-refractivity contribution in [3.05, 3.63) is 48.0 Å². The highest BCUT2D eigenvalue weighted by molar-refractivity contribution is 5.84. The van der Waals surface area contributed by atoms with Crippen molar-refractivity contribution in [3.63, 3.8) is 0 Å². The summed E-state index contributed by atoms with van der Waals surface area (Å²) in [5.41, 5.74) is 5.42. The van der Waals surface area contributed by atoms with Crippen molar-refractivity contribution < 1.29 is 9.84 Å². The van der Waals surface area contributed by atoms with E-state index in [1.807, 2.05) is 49.7 Å². The van der Waals surface area contributed by atoms with Crippen molar-refractivity contribution >= 4 is 23.2 Å². The van der Waals surface area contributed by atoms with Gasteiger partial charge in [0.05, 0.1) is 23.4 Å². The number of imidazole rings is 1. The van der Waals surface area contributed by atoms with Crippen LogP contribution in [0.1, 0.15) is 19.4 Å². The van der Waals surface area contributed by atoms with Gasteiger partial charge in [-0.2, -0.15) is 5.10 Å². The number of nitrogens with one attached hydrogen (secondary N) is 1. The van der Waals surface area contributed by atoms with Gasteiger partial charge in [-0.1, -0.05) is 12.1 Å². The molecule has 0 atom stereocenters. The summed E-state index contributed by atoms with van der Waals surface area (Å²) in [4.78, 5) is 4.47. The number of aromatic hydroxyl groups is 1. The lowest BCUT2D eigenvalue weighted by molar-refractivity contribution is 0.241. The Kier molecular flexibility index (Phi) is 4.37. The average molecular weight is 324 g/mol. The number of ether oxygens (including phenoxy) is 1. The monoisotopic (exact) mass is 324 g/mol. The number of fused-ring (bicyclic) bond motifs is 1. The number of hydrogen-bond acceptors (Lipinski definition) is 5. The van der Waals surface area contributed by atoms with Crippen LogP contribution in [0.25, 0.3) is 11.0 Å². The van der Waals surface area contributed by atoms with E-state index in [2.05, 4.69) is 15.5 Å². The topological polar surface area (TPSA) is 71.7 Å². The van der Waals surface area contributed by atoms with E-state index in [0.717, 1.165) is 11.0 Å². The molecule has 1 aromatic heterocycles. The molecule has 0 aliphatic heterocycles. The van der Waals surface area contributed by atoms with Crippen LogP contribution in [-0.4, -0.2) is 27.0 Å². The minimum Gasteiger partial charge on any atom is -0.507 e. The highest BCUT2D eigenvalue weighted by Crippen LogP contribution is 2.23. The van der Waals surface area contributed by atoms with E-state index < -0.39 is 0 Å². The second-order valence-corrected chi connectivity index (χ2v) is 5.74. The van der Waals surface area contributed by atoms with Crippen molar-refractivity contribution in [1.29, 1.82) is 0 Å². The molecule has 3 rings (SSSR count). The number of hydrazone groups is 1. The van der Waals surface area contributed by atoms with Gasteiger partial charge in [-0.05, 0) is 38.1 Å². The Morgan fingerprint density at radius 3 is 2.75 bits per heavy atom. The molecule has 0 saturated heterocycles. The van der Waals surface area contributed by atoms with Gasteiger partial charge in [-0.3, -0.25) is 0 Å². The Labute approximate surface area is 140 Å². The van der Waals surface area contributed by atoms with Gasteiger partial charge in [0.2, 0.25) is 5.95 Å². The highest BCUT2D eigenvalue weighted by Gasteiger charge is 2.06. The van der Waals surface area contributed by atoms with Crippen LogP contribution in [0.4, 0.5) is 5.95 Å². The molecule has 124 valence electrons. The summed E-state index contributed by atoms with van der Waals surface area (Å²) in [5.74, 6) is 1.37. The molecule has 0 unspecified atom stereocenters. The van der Waals surface area contributed by atoms with Crippen LogP contribution in [0.5, 0.6) is 11.5 Å². The van der Waals surface area contributed by atoms with Gasteiger partial charge < -0.3 is 14.4 Å². The van der Waals surface area contributed by atoms with Crippen LogP contribution >= 0.6 is 0 Å². The highest BCUT2D eigenvalue weighted by atomic mass is 16.5. The molecule has 0 saturated carbocycles. The van der Waals surface area contributed by atoms with Gasteiger partial charge in [-0.15, -0.1) is 0 Å². The fourth-order valence-corrected chi connectivity index (χ4v) is 2.38. The van der Waals surface area contributed by atoms with Gasteiger partial charge >= 0.3 is 0 Å². The van der Waals surface area contributed by atoms with Crippen LogP contribution in [0, 0.1) is 0 Å². The number of nitrogens with zero attached hydrogens (tertiary/aromatic N) is 3. The lowest BCUT2D eigenvalue weighted by Crippen LogP contribution is -2.05. The molecule has 0 fully saturated rings. The number of aromatic nitrogens is 2. The Hall–Kier alpha value is -3.02. The maximum Gasteiger partial charge on any atom is 0.224 e. The van der Waals surface area contributed by atoms with Crippen LogP contribution in [0.15, 0.2) is 47.6 Å². The summed E-state index contributed by atoms with van der Waals surface area (Å²) >= 11 is 0. The summed E-state index contributed by atoms with van der Waals surface area (Å²) in [6, 6.07) is 13.0. The lowest BCUT2D eigenvalue weighted by Gasteiger charge is -2.10. The second-order valence-electron chi connectivity index (χ2n) is 5.74. The first-order valence-electron chi connectivity index (χ1n) is 7.75. The molecular formula is C18H20N4O2. The first-order valence-corrected chi connectivity index (χ1v) is 7.75. The van der Waals surface area contributed by atoms with E-state index in [4.69, 9.17) is 4.74 Å². The van der Waals surface area contributed by atoms with Gasteiger partial charge in [0, 0.05) is 18.7 Å². The van der Waals surface area contributed by atoms with Crippen molar-refractivity contribution in [2.45, 2.75) is 20.0 Å². The van der Waals surface area contributed by atoms with Crippen LogP contribution in [-0.2, 0) is 7.05 Å². The molecule has 0 radical (unpaired) electrons. The summed E-state index contributed by atoms with van der Waals surface area (Å²) < 4.78 is 7.46. The average Bonchev–Trinajstić information content (AvgIpc) is 2.86. The molecule has 3 aromatic rings. The zero-order valence-electron chi connectivity index (χ0n) is 13.9. The molecule has 0 aliphatic rings. The minimum atomic E-state index is 0.0585. The van der Waals surface area contributed by atoms with Crippen molar-refractivity contribution in [1.82, 2.24) is 9.55 Å². The zero-order valence-corrected chi connectivity index (χ0v) is 13.9. The van der Waals surface area contributed by atoms with Gasteiger partial charge in [0.25, 0.3) is 0 Å². The predicted molar refractivity (Wildman–Crippen MR) is 95.8 cm³/mol. The van der Waals surface area contributed by atoms with E-state index in [1.54, 1.807) is 24.4 Å². The molecular weight excluding hydrogens is 304 g/mol. The lowest BCUT2D eigenvalue weighted by atomic mass is 10.2. The number of para-hydroxylation sites is 2. The number of phenols is 1. The first-order chi connectivity index (χ1) is 11.5. The summed E-state index contributed by atoms with van der Waals surface area (Å²) in [6.07, 6.45) is 1.61. The number of aryl methyl sites for hydroxylation is 1. The third kappa shape index (κ3) is 3.32.